The molecule has 2 radical (unpaired) electrons. The average molecular weight is 398 g/mol. The van der Waals surface area contributed by atoms with Crippen molar-refractivity contribution in [2.75, 3.05) is 0 Å². The molecule has 0 fully saturated rings. The van der Waals surface area contributed by atoms with Crippen LogP contribution in [-0.2, 0) is 0 Å². The number of rotatable bonds is 11. The van der Waals surface area contributed by atoms with Crippen LogP contribution in [0.4, 0.5) is 4.39 Å². The number of hydrogen-bond donors (Lipinski definition) is 0. The molecule has 21 heavy (non-hydrogen) atoms. The van der Waals surface area contributed by atoms with Gasteiger partial charge in [-0.25, -0.2) is 0 Å². The van der Waals surface area contributed by atoms with Crippen molar-refractivity contribution in [3.05, 3.63) is 24.1 Å². The van der Waals surface area contributed by atoms with Crippen LogP contribution in [0.25, 0.3) is 0 Å². The summed E-state index contributed by atoms with van der Waals surface area (Å²) in [6.45, 7) is 6.78. The van der Waals surface area contributed by atoms with Gasteiger partial charge >= 0.3 is 140 Å². The molecule has 0 spiro atoms. The molecule has 1 heterocycles. The molecule has 1 aromatic heterocycles. The summed E-state index contributed by atoms with van der Waals surface area (Å²) in [5.74, 6) is -0.0574. The predicted molar refractivity (Wildman–Crippen MR) is 90.9 cm³/mol. The van der Waals surface area contributed by atoms with E-state index in [2.05, 4.69) is 25.8 Å². The zero-order valence-electron chi connectivity index (χ0n) is 13.9. The fourth-order valence-corrected chi connectivity index (χ4v) is 7.83. The number of pyridine rings is 1. The van der Waals surface area contributed by atoms with E-state index in [-0.39, 0.29) is 5.82 Å². The molecule has 0 atom stereocenters. The van der Waals surface area contributed by atoms with E-state index in [1.807, 2.05) is 0 Å². The van der Waals surface area contributed by atoms with Crippen LogP contribution in [0.3, 0.4) is 0 Å². The van der Waals surface area contributed by atoms with Gasteiger partial charge in [0.2, 0.25) is 0 Å². The van der Waals surface area contributed by atoms with E-state index in [1.165, 1.54) is 57.8 Å². The van der Waals surface area contributed by atoms with Gasteiger partial charge in [0.25, 0.3) is 0 Å². The Morgan fingerprint density at radius 2 is 1.52 bits per heavy atom. The van der Waals surface area contributed by atoms with Crippen molar-refractivity contribution in [3.8, 4) is 0 Å². The second kappa shape index (κ2) is 10.6. The van der Waals surface area contributed by atoms with Gasteiger partial charge in [-0.15, -0.1) is 0 Å². The van der Waals surface area contributed by atoms with Crippen LogP contribution in [0.15, 0.2) is 18.3 Å². The summed E-state index contributed by atoms with van der Waals surface area (Å²) in [6.07, 6.45) is 13.2. The van der Waals surface area contributed by atoms with Crippen LogP contribution in [-0.4, -0.2) is 26.1 Å². The third-order valence-corrected chi connectivity index (χ3v) is 9.55. The van der Waals surface area contributed by atoms with E-state index in [9.17, 15) is 4.39 Å². The fourth-order valence-electron chi connectivity index (χ4n) is 2.84. The van der Waals surface area contributed by atoms with Crippen molar-refractivity contribution in [1.82, 2.24) is 4.98 Å². The second-order valence-corrected chi connectivity index (χ2v) is 11.1. The van der Waals surface area contributed by atoms with E-state index in [0.29, 0.717) is 3.43 Å². The Hall–Kier alpha value is -0.121. The monoisotopic (exact) mass is 399 g/mol. The van der Waals surface area contributed by atoms with Gasteiger partial charge in [-0.1, -0.05) is 0 Å². The fraction of sp³-hybridized carbons (Fsp3) is 0.722. The van der Waals surface area contributed by atoms with Crippen LogP contribution in [0, 0.1) is 5.82 Å². The van der Waals surface area contributed by atoms with E-state index >= 15 is 0 Å². The van der Waals surface area contributed by atoms with E-state index in [0.717, 1.165) is 3.71 Å². The van der Waals surface area contributed by atoms with Crippen LogP contribution in [0.5, 0.6) is 0 Å². The summed E-state index contributed by atoms with van der Waals surface area (Å²) >= 11 is -1.01. The maximum atomic E-state index is 14.1. The maximum absolute atomic E-state index is 14.1. The van der Waals surface area contributed by atoms with Gasteiger partial charge in [0, 0.05) is 0 Å². The van der Waals surface area contributed by atoms with Gasteiger partial charge in [0.15, 0.2) is 0 Å². The minimum atomic E-state index is -1.01. The molecule has 0 amide bonds. The first-order chi connectivity index (χ1) is 10.2. The summed E-state index contributed by atoms with van der Waals surface area (Å²) in [4.78, 5) is 4.39. The molecule has 0 saturated heterocycles. The molecule has 0 aromatic carbocycles. The average Bonchev–Trinajstić information content (AvgIpc) is 2.51. The van der Waals surface area contributed by atoms with Gasteiger partial charge < -0.3 is 0 Å². The summed E-state index contributed by atoms with van der Waals surface area (Å²) in [5.41, 5.74) is 0. The molecule has 1 rings (SSSR count). The molecule has 0 N–H and O–H groups in total. The van der Waals surface area contributed by atoms with E-state index < -0.39 is 21.1 Å². The topological polar surface area (TPSA) is 12.9 Å². The Morgan fingerprint density at radius 1 is 1.00 bits per heavy atom. The van der Waals surface area contributed by atoms with Gasteiger partial charge in [0.05, 0.1) is 0 Å². The number of hydrogen-bond acceptors (Lipinski definition) is 1. The van der Waals surface area contributed by atoms with Crippen molar-refractivity contribution in [1.29, 1.82) is 0 Å². The molecule has 1 aromatic rings. The molecule has 0 aliphatic carbocycles. The Balaban J connectivity index is 2.92. The van der Waals surface area contributed by atoms with Gasteiger partial charge in [-0.3, -0.25) is 0 Å². The SMILES string of the molecule is CCCC[C](CCCC)(CCCC)[Sn][c]1ncccc1F. The molecule has 1 nitrogen and oxygen atoms in total. The van der Waals surface area contributed by atoms with Gasteiger partial charge in [0.1, 0.15) is 0 Å². The zero-order valence-corrected chi connectivity index (χ0v) is 16.8. The number of unbranched alkanes of at least 4 members (excludes halogenated alkanes) is 3. The zero-order chi connectivity index (χ0) is 15.6. The summed E-state index contributed by atoms with van der Waals surface area (Å²) in [5, 5.41) is 0. The van der Waals surface area contributed by atoms with Gasteiger partial charge in [-0.2, -0.15) is 0 Å². The predicted octanol–water partition coefficient (Wildman–Crippen LogP) is 5.28. The third kappa shape index (κ3) is 6.66. The van der Waals surface area contributed by atoms with Crippen molar-refractivity contribution in [2.24, 2.45) is 0 Å². The van der Waals surface area contributed by atoms with E-state index in [4.69, 9.17) is 0 Å². The molecule has 3 heteroatoms. The number of halogens is 1. The summed E-state index contributed by atoms with van der Waals surface area (Å²) < 4.78 is 15.3. The standard InChI is InChI=1S/C13H27.C5H3FN.Sn/c1-4-7-10-13(11-8-5-2)12-9-6-3;6-5-2-1-3-7-4-5;/h4-12H2,1-3H3;1-3H;. The minimum absolute atomic E-state index is 0.0574. The molecule has 0 aliphatic heterocycles. The summed E-state index contributed by atoms with van der Waals surface area (Å²) in [7, 11) is 0. The molecule has 118 valence electrons. The summed E-state index contributed by atoms with van der Waals surface area (Å²) in [6, 6.07) is 3.30. The van der Waals surface area contributed by atoms with Crippen molar-refractivity contribution in [3.63, 3.8) is 0 Å². The Kier molecular flexibility index (Phi) is 9.53. The molecular weight excluding hydrogens is 368 g/mol. The first kappa shape index (κ1) is 18.9. The van der Waals surface area contributed by atoms with Crippen LogP contribution in [0.1, 0.15) is 78.6 Å². The van der Waals surface area contributed by atoms with Crippen molar-refractivity contribution < 1.29 is 4.39 Å². The van der Waals surface area contributed by atoms with Gasteiger partial charge in [-0.05, 0) is 0 Å². The second-order valence-electron chi connectivity index (χ2n) is 6.05. The Bertz CT molecular complexity index is 373. The number of aromatic nitrogens is 1. The van der Waals surface area contributed by atoms with E-state index in [1.54, 1.807) is 18.3 Å². The quantitative estimate of drug-likeness (QED) is 0.463. The molecular formula is C18H30FNSn. The van der Waals surface area contributed by atoms with Crippen LogP contribution in [0.2, 0.25) is 3.43 Å². The Morgan fingerprint density at radius 3 is 1.95 bits per heavy atom. The molecule has 0 saturated carbocycles. The Labute approximate surface area is 140 Å². The first-order valence-corrected chi connectivity index (χ1v) is 11.4. The first-order valence-electron chi connectivity index (χ1n) is 8.56. The number of nitrogens with zero attached hydrogens (tertiary/aromatic N) is 1. The third-order valence-electron chi connectivity index (χ3n) is 4.17. The van der Waals surface area contributed by atoms with Crippen molar-refractivity contribution >= 4 is 24.9 Å². The molecule has 0 aliphatic rings. The normalized spacial score (nSPS) is 11.8. The molecule has 0 unspecified atom stereocenters. The van der Waals surface area contributed by atoms with Crippen LogP contribution < -0.4 is 3.71 Å². The van der Waals surface area contributed by atoms with Crippen molar-refractivity contribution in [2.45, 2.75) is 82.0 Å². The molecule has 0 bridgehead atoms. The van der Waals surface area contributed by atoms with Crippen LogP contribution >= 0.6 is 0 Å².